The molecule has 0 radical (unpaired) electrons. The molecule has 112 valence electrons. The molecule has 0 saturated carbocycles. The largest absolute Gasteiger partial charge is 0.353 e. The topological polar surface area (TPSA) is 45.2 Å². The van der Waals surface area contributed by atoms with Gasteiger partial charge < -0.3 is 5.32 Å². The lowest BCUT2D eigenvalue weighted by atomic mass is 9.96. The zero-order valence-electron chi connectivity index (χ0n) is 12.5. The molecule has 1 saturated heterocycles. The molecular weight excluding hydrogens is 270 g/mol. The molecule has 1 aliphatic heterocycles. The number of hydrogen-bond acceptors (Lipinski definition) is 4. The molecule has 2 heterocycles. The Hall–Kier alpha value is -0.940. The van der Waals surface area contributed by atoms with E-state index in [1.54, 1.807) is 11.5 Å². The molecule has 5 heteroatoms. The quantitative estimate of drug-likeness (QED) is 0.877. The number of amides is 1. The maximum Gasteiger partial charge on any atom is 0.224 e. The molecule has 4 nitrogen and oxygen atoms in total. The number of nitrogens with one attached hydrogen (secondary N) is 1. The summed E-state index contributed by atoms with van der Waals surface area (Å²) >= 11 is 1.55. The van der Waals surface area contributed by atoms with Crippen LogP contribution in [0.1, 0.15) is 44.4 Å². The first kappa shape index (κ1) is 15.4. The molecule has 1 fully saturated rings. The second-order valence-corrected chi connectivity index (χ2v) is 6.67. The molecule has 2 rings (SSSR count). The molecule has 1 aromatic rings. The van der Waals surface area contributed by atoms with E-state index in [4.69, 9.17) is 0 Å². The second kappa shape index (κ2) is 7.74. The van der Waals surface area contributed by atoms with Crippen LogP contribution in [-0.4, -0.2) is 34.3 Å². The van der Waals surface area contributed by atoms with Gasteiger partial charge in [0.2, 0.25) is 5.91 Å². The molecule has 20 heavy (non-hydrogen) atoms. The molecule has 0 aliphatic carbocycles. The number of piperidine rings is 1. The average molecular weight is 295 g/mol. The van der Waals surface area contributed by atoms with Crippen molar-refractivity contribution in [1.29, 1.82) is 0 Å². The summed E-state index contributed by atoms with van der Waals surface area (Å²) in [5, 5.41) is 3.15. The Balaban J connectivity index is 1.81. The lowest BCUT2D eigenvalue weighted by Crippen LogP contribution is -2.44. The van der Waals surface area contributed by atoms with Crippen LogP contribution in [0.2, 0.25) is 0 Å². The summed E-state index contributed by atoms with van der Waals surface area (Å²) < 4.78 is 4.14. The van der Waals surface area contributed by atoms with Gasteiger partial charge in [-0.15, -0.1) is 0 Å². The monoisotopic (exact) mass is 295 g/mol. The second-order valence-electron chi connectivity index (χ2n) is 5.75. The van der Waals surface area contributed by atoms with Gasteiger partial charge >= 0.3 is 0 Å². The molecule has 0 bridgehead atoms. The van der Waals surface area contributed by atoms with Gasteiger partial charge in [-0.05, 0) is 50.3 Å². The fraction of sp³-hybridized carbons (Fsp3) is 0.733. The van der Waals surface area contributed by atoms with Crippen LogP contribution in [0, 0.1) is 5.92 Å². The van der Waals surface area contributed by atoms with Gasteiger partial charge in [-0.3, -0.25) is 9.69 Å². The number of likely N-dealkylation sites (tertiary alicyclic amines) is 1. The Morgan fingerprint density at radius 3 is 3.20 bits per heavy atom. The van der Waals surface area contributed by atoms with E-state index < -0.39 is 0 Å². The van der Waals surface area contributed by atoms with Crippen molar-refractivity contribution < 1.29 is 4.79 Å². The number of aromatic nitrogens is 1. The normalized spacial score (nSPS) is 21.6. The minimum absolute atomic E-state index is 0.149. The number of carbonyl (C=O) groups excluding carboxylic acids is 1. The van der Waals surface area contributed by atoms with Crippen LogP contribution in [0.25, 0.3) is 0 Å². The molecule has 1 N–H and O–H groups in total. The first-order chi connectivity index (χ1) is 9.69. The highest BCUT2D eigenvalue weighted by Gasteiger charge is 2.26. The van der Waals surface area contributed by atoms with E-state index >= 15 is 0 Å². The van der Waals surface area contributed by atoms with Gasteiger partial charge in [0.15, 0.2) is 0 Å². The Bertz CT molecular complexity index is 407. The molecule has 1 aromatic heterocycles. The van der Waals surface area contributed by atoms with Crippen molar-refractivity contribution >= 4 is 17.4 Å². The van der Waals surface area contributed by atoms with E-state index in [9.17, 15) is 4.79 Å². The Kier molecular flexibility index (Phi) is 5.98. The minimum Gasteiger partial charge on any atom is -0.353 e. The SMILES string of the molecule is CCC[C@@H](C)NC(=O)[C@H]1CCCN(Cc2ccns2)C1. The number of rotatable bonds is 6. The first-order valence-corrected chi connectivity index (χ1v) is 8.38. The van der Waals surface area contributed by atoms with Gasteiger partial charge in [0.1, 0.15) is 0 Å². The summed E-state index contributed by atoms with van der Waals surface area (Å²) in [5.41, 5.74) is 0. The van der Waals surface area contributed by atoms with E-state index in [0.29, 0.717) is 6.04 Å². The third-order valence-corrected chi connectivity index (χ3v) is 4.58. The molecule has 2 atom stereocenters. The highest BCUT2D eigenvalue weighted by atomic mass is 32.1. The zero-order chi connectivity index (χ0) is 14.4. The number of nitrogens with zero attached hydrogens (tertiary/aromatic N) is 2. The molecule has 0 aromatic carbocycles. The summed E-state index contributed by atoms with van der Waals surface area (Å²) in [6, 6.07) is 2.36. The van der Waals surface area contributed by atoms with Crippen LogP contribution in [0.15, 0.2) is 12.3 Å². The van der Waals surface area contributed by atoms with Crippen LogP contribution in [-0.2, 0) is 11.3 Å². The maximum atomic E-state index is 12.3. The summed E-state index contributed by atoms with van der Waals surface area (Å²) in [5.74, 6) is 0.385. The van der Waals surface area contributed by atoms with Crippen LogP contribution in [0.5, 0.6) is 0 Å². The molecule has 0 unspecified atom stereocenters. The minimum atomic E-state index is 0.149. The van der Waals surface area contributed by atoms with E-state index in [1.807, 2.05) is 6.20 Å². The van der Waals surface area contributed by atoms with Gasteiger partial charge in [0.25, 0.3) is 0 Å². The highest BCUT2D eigenvalue weighted by Crippen LogP contribution is 2.20. The third-order valence-electron chi connectivity index (χ3n) is 3.86. The molecule has 1 amide bonds. The lowest BCUT2D eigenvalue weighted by molar-refractivity contribution is -0.127. The molecule has 1 aliphatic rings. The zero-order valence-corrected chi connectivity index (χ0v) is 13.3. The van der Waals surface area contributed by atoms with Crippen molar-refractivity contribution in [2.75, 3.05) is 13.1 Å². The van der Waals surface area contributed by atoms with E-state index in [0.717, 1.165) is 45.3 Å². The fourth-order valence-corrected chi connectivity index (χ4v) is 3.44. The van der Waals surface area contributed by atoms with Crippen molar-refractivity contribution in [3.63, 3.8) is 0 Å². The standard InChI is InChI=1S/C15H25N3OS/c1-3-5-12(2)17-15(19)13-6-4-9-18(10-13)11-14-7-8-16-20-14/h7-8,12-13H,3-6,9-11H2,1-2H3,(H,17,19)/t12-,13+/m1/s1. The van der Waals surface area contributed by atoms with E-state index in [1.165, 1.54) is 4.88 Å². The van der Waals surface area contributed by atoms with E-state index in [-0.39, 0.29) is 11.8 Å². The third kappa shape index (κ3) is 4.56. The van der Waals surface area contributed by atoms with Crippen molar-refractivity contribution in [1.82, 2.24) is 14.6 Å². The first-order valence-electron chi connectivity index (χ1n) is 7.61. The van der Waals surface area contributed by atoms with Crippen LogP contribution >= 0.6 is 11.5 Å². The van der Waals surface area contributed by atoms with Crippen LogP contribution in [0.3, 0.4) is 0 Å². The highest BCUT2D eigenvalue weighted by molar-refractivity contribution is 7.05. The smallest absolute Gasteiger partial charge is 0.224 e. The Labute approximate surface area is 125 Å². The van der Waals surface area contributed by atoms with E-state index in [2.05, 4.69) is 34.5 Å². The van der Waals surface area contributed by atoms with Crippen molar-refractivity contribution in [3.05, 3.63) is 17.1 Å². The van der Waals surface area contributed by atoms with Gasteiger partial charge in [0, 0.05) is 30.2 Å². The Morgan fingerprint density at radius 1 is 1.65 bits per heavy atom. The fourth-order valence-electron chi connectivity index (χ4n) is 2.82. The van der Waals surface area contributed by atoms with Gasteiger partial charge in [-0.2, -0.15) is 0 Å². The van der Waals surface area contributed by atoms with Gasteiger partial charge in [-0.1, -0.05) is 13.3 Å². The Morgan fingerprint density at radius 2 is 2.50 bits per heavy atom. The van der Waals surface area contributed by atoms with Crippen molar-refractivity contribution in [3.8, 4) is 0 Å². The molecule has 0 spiro atoms. The average Bonchev–Trinajstić information content (AvgIpc) is 2.92. The number of carbonyl (C=O) groups is 1. The van der Waals surface area contributed by atoms with Crippen molar-refractivity contribution in [2.45, 2.75) is 52.1 Å². The molecular formula is C15H25N3OS. The maximum absolute atomic E-state index is 12.3. The summed E-state index contributed by atoms with van der Waals surface area (Å²) in [6.45, 7) is 7.15. The lowest BCUT2D eigenvalue weighted by Gasteiger charge is -2.32. The van der Waals surface area contributed by atoms with Gasteiger partial charge in [-0.25, -0.2) is 4.37 Å². The van der Waals surface area contributed by atoms with Crippen LogP contribution < -0.4 is 5.32 Å². The predicted octanol–water partition coefficient (Wildman–Crippen LogP) is 2.66. The summed E-state index contributed by atoms with van der Waals surface area (Å²) in [7, 11) is 0. The predicted molar refractivity (Wildman–Crippen MR) is 82.6 cm³/mol. The van der Waals surface area contributed by atoms with Gasteiger partial charge in [0.05, 0.1) is 5.92 Å². The summed E-state index contributed by atoms with van der Waals surface area (Å²) in [4.78, 5) is 15.9. The van der Waals surface area contributed by atoms with Crippen LogP contribution in [0.4, 0.5) is 0 Å². The summed E-state index contributed by atoms with van der Waals surface area (Å²) in [6.07, 6.45) is 6.15. The number of hydrogen-bond donors (Lipinski definition) is 1. The van der Waals surface area contributed by atoms with Crippen molar-refractivity contribution in [2.24, 2.45) is 5.92 Å².